The zero-order valence-corrected chi connectivity index (χ0v) is 23.6. The molecule has 2 aliphatic rings. The second-order valence-electron chi connectivity index (χ2n) is 10.8. The number of hydrogen-bond donors (Lipinski definition) is 0. The third-order valence-electron chi connectivity index (χ3n) is 7.54. The van der Waals surface area contributed by atoms with Crippen molar-refractivity contribution in [1.82, 2.24) is 4.90 Å². The molecule has 0 aliphatic carbocycles. The van der Waals surface area contributed by atoms with Gasteiger partial charge in [0.25, 0.3) is 0 Å². The second kappa shape index (κ2) is 11.6. The second-order valence-corrected chi connectivity index (χ2v) is 10.8. The lowest BCUT2D eigenvalue weighted by Gasteiger charge is -2.29. The van der Waals surface area contributed by atoms with Crippen molar-refractivity contribution in [3.05, 3.63) is 64.6 Å². The summed E-state index contributed by atoms with van der Waals surface area (Å²) in [6.07, 6.45) is -18.5. The predicted octanol–water partition coefficient (Wildman–Crippen LogP) is 8.82. The van der Waals surface area contributed by atoms with Crippen LogP contribution >= 0.6 is 0 Å². The fourth-order valence-corrected chi connectivity index (χ4v) is 5.28. The number of nitrogens with zero attached hydrogens (tertiary/aromatic N) is 2. The number of benzene rings is 2. The highest BCUT2D eigenvalue weighted by molar-refractivity contribution is 5.92. The minimum atomic E-state index is -5.23. The normalized spacial score (nSPS) is 21.4. The fourth-order valence-electron chi connectivity index (χ4n) is 5.28. The maximum Gasteiger partial charge on any atom is 0.433 e. The van der Waals surface area contributed by atoms with Gasteiger partial charge in [-0.2, -0.15) is 39.5 Å². The summed E-state index contributed by atoms with van der Waals surface area (Å²) >= 11 is 0. The highest BCUT2D eigenvalue weighted by Gasteiger charge is 2.49. The van der Waals surface area contributed by atoms with Gasteiger partial charge < -0.3 is 9.47 Å². The summed E-state index contributed by atoms with van der Waals surface area (Å²) in [6.45, 7) is 4.13. The Morgan fingerprint density at radius 2 is 1.64 bits per heavy atom. The minimum absolute atomic E-state index is 0.0196. The van der Waals surface area contributed by atoms with Gasteiger partial charge in [0.2, 0.25) is 0 Å². The van der Waals surface area contributed by atoms with Crippen molar-refractivity contribution in [3.8, 4) is 16.9 Å². The highest BCUT2D eigenvalue weighted by Crippen LogP contribution is 2.42. The summed E-state index contributed by atoms with van der Waals surface area (Å²) in [5.41, 5.74) is -4.13. The van der Waals surface area contributed by atoms with Crippen LogP contribution in [0.1, 0.15) is 49.8 Å². The molecular weight excluding hydrogens is 614 g/mol. The van der Waals surface area contributed by atoms with E-state index in [1.165, 1.54) is 20.1 Å². The van der Waals surface area contributed by atoms with E-state index in [-0.39, 0.29) is 33.9 Å². The van der Waals surface area contributed by atoms with Crippen LogP contribution in [-0.4, -0.2) is 48.3 Å². The lowest BCUT2D eigenvalue weighted by atomic mass is 9.88. The number of allylic oxidation sites excluding steroid dienone is 1. The Morgan fingerprint density at radius 1 is 0.977 bits per heavy atom. The molecule has 2 heterocycles. The molecule has 240 valence electrons. The minimum Gasteiger partial charge on any atom is -0.496 e. The summed E-state index contributed by atoms with van der Waals surface area (Å²) in [6, 6.07) is 3.97. The standard InChI is InChI=1S/C29H26F10N2O3/c1-13(2)19-10-20(22(43-4)11-21(19)30)18-6-5-17(27(31,32)33)7-16(18)12-41-14(3)25(44-26(41)42)15-8-23(28(34,35)36)40-24(9-15)29(37,38)39/h5-8,10-11,13-15,25H,9,12H2,1-4H3/t14-,15?,25-/m0/s1. The predicted molar refractivity (Wildman–Crippen MR) is 138 cm³/mol. The Balaban J connectivity index is 1.76. The van der Waals surface area contributed by atoms with E-state index in [4.69, 9.17) is 9.47 Å². The number of halogens is 10. The average Bonchev–Trinajstić information content (AvgIpc) is 3.19. The van der Waals surface area contributed by atoms with Crippen LogP contribution in [0.4, 0.5) is 48.7 Å². The van der Waals surface area contributed by atoms with Gasteiger partial charge in [-0.05, 0) is 53.8 Å². The first-order valence-electron chi connectivity index (χ1n) is 13.2. The van der Waals surface area contributed by atoms with Gasteiger partial charge in [0, 0.05) is 24.0 Å². The number of alkyl halides is 9. The number of methoxy groups -OCH3 is 1. The molecule has 0 aromatic heterocycles. The molecule has 1 fully saturated rings. The van der Waals surface area contributed by atoms with Crippen LogP contribution in [-0.2, 0) is 17.5 Å². The Morgan fingerprint density at radius 3 is 2.18 bits per heavy atom. The van der Waals surface area contributed by atoms with Gasteiger partial charge in [-0.3, -0.25) is 4.90 Å². The van der Waals surface area contributed by atoms with Gasteiger partial charge in [-0.15, -0.1) is 0 Å². The van der Waals surface area contributed by atoms with E-state index in [1.54, 1.807) is 13.8 Å². The van der Waals surface area contributed by atoms with E-state index >= 15 is 0 Å². The summed E-state index contributed by atoms with van der Waals surface area (Å²) in [5, 5.41) is 0. The molecule has 44 heavy (non-hydrogen) atoms. The molecule has 1 saturated heterocycles. The zero-order chi connectivity index (χ0) is 32.9. The van der Waals surface area contributed by atoms with E-state index in [2.05, 4.69) is 4.99 Å². The van der Waals surface area contributed by atoms with Crippen molar-refractivity contribution in [2.75, 3.05) is 7.11 Å². The molecule has 3 atom stereocenters. The van der Waals surface area contributed by atoms with Gasteiger partial charge in [0.1, 0.15) is 29.1 Å². The number of hydrogen-bond acceptors (Lipinski definition) is 4. The molecule has 5 nitrogen and oxygen atoms in total. The van der Waals surface area contributed by atoms with Gasteiger partial charge >= 0.3 is 24.6 Å². The third-order valence-corrected chi connectivity index (χ3v) is 7.54. The maximum absolute atomic E-state index is 14.7. The van der Waals surface area contributed by atoms with E-state index in [9.17, 15) is 48.7 Å². The first-order valence-corrected chi connectivity index (χ1v) is 13.2. The molecule has 0 radical (unpaired) electrons. The zero-order valence-electron chi connectivity index (χ0n) is 23.6. The summed E-state index contributed by atoms with van der Waals surface area (Å²) < 4.78 is 147. The van der Waals surface area contributed by atoms with Crippen molar-refractivity contribution in [2.45, 2.75) is 70.3 Å². The molecule has 0 spiro atoms. The Labute approximate surface area is 245 Å². The van der Waals surface area contributed by atoms with Gasteiger partial charge in [-0.1, -0.05) is 19.9 Å². The molecule has 0 bridgehead atoms. The molecule has 2 aliphatic heterocycles. The first-order chi connectivity index (χ1) is 20.2. The topological polar surface area (TPSA) is 51.1 Å². The summed E-state index contributed by atoms with van der Waals surface area (Å²) in [7, 11) is 1.23. The van der Waals surface area contributed by atoms with Gasteiger partial charge in [0.05, 0.1) is 25.3 Å². The molecule has 1 unspecified atom stereocenters. The van der Waals surface area contributed by atoms with Crippen molar-refractivity contribution in [3.63, 3.8) is 0 Å². The lowest BCUT2D eigenvalue weighted by Crippen LogP contribution is -2.40. The van der Waals surface area contributed by atoms with Crippen molar-refractivity contribution in [1.29, 1.82) is 0 Å². The Bertz CT molecular complexity index is 1490. The lowest BCUT2D eigenvalue weighted by molar-refractivity contribution is -0.137. The number of cyclic esters (lactones) is 1. The van der Waals surface area contributed by atoms with E-state index in [0.717, 1.165) is 29.2 Å². The summed E-state index contributed by atoms with van der Waals surface area (Å²) in [5.74, 6) is -2.55. The van der Waals surface area contributed by atoms with Crippen molar-refractivity contribution in [2.24, 2.45) is 10.9 Å². The van der Waals surface area contributed by atoms with Crippen LogP contribution in [0.3, 0.4) is 0 Å². The fraction of sp³-hybridized carbons (Fsp3) is 0.448. The summed E-state index contributed by atoms with van der Waals surface area (Å²) in [4.78, 5) is 16.6. The van der Waals surface area contributed by atoms with Crippen molar-refractivity contribution < 1.29 is 58.2 Å². The number of carbonyl (C=O) groups is 1. The third kappa shape index (κ3) is 6.65. The number of aliphatic imine (C=N–C) groups is 1. The quantitative estimate of drug-likeness (QED) is 0.297. The maximum atomic E-state index is 14.7. The number of carbonyl (C=O) groups excluding carboxylic acids is 1. The van der Waals surface area contributed by atoms with E-state index in [0.29, 0.717) is 6.08 Å². The Hall–Kier alpha value is -3.78. The molecule has 1 amide bonds. The molecule has 2 aromatic rings. The van der Waals surface area contributed by atoms with E-state index < -0.39 is 78.4 Å². The van der Waals surface area contributed by atoms with Crippen LogP contribution < -0.4 is 4.74 Å². The molecule has 0 saturated carbocycles. The molecule has 4 rings (SSSR count). The smallest absolute Gasteiger partial charge is 0.433 e. The highest BCUT2D eigenvalue weighted by atomic mass is 19.4. The van der Waals surface area contributed by atoms with Crippen LogP contribution in [0, 0.1) is 11.7 Å². The van der Waals surface area contributed by atoms with Crippen molar-refractivity contribution >= 4 is 11.8 Å². The van der Waals surface area contributed by atoms with Gasteiger partial charge in [0.15, 0.2) is 0 Å². The van der Waals surface area contributed by atoms with Crippen LogP contribution in [0.25, 0.3) is 11.1 Å². The number of amides is 1. The number of ether oxygens (including phenoxy) is 2. The Kier molecular flexibility index (Phi) is 8.75. The molecule has 2 aromatic carbocycles. The number of rotatable bonds is 6. The van der Waals surface area contributed by atoms with Crippen LogP contribution in [0.5, 0.6) is 5.75 Å². The van der Waals surface area contributed by atoms with Crippen LogP contribution in [0.2, 0.25) is 0 Å². The SMILES string of the molecule is COc1cc(F)c(C(C)C)cc1-c1ccc(C(F)(F)F)cc1CN1C(=O)O[C@H](C2C=C(C(F)(F)F)N=C(C(F)(F)F)C2)[C@@H]1C. The molecular formula is C29H26F10N2O3. The van der Waals surface area contributed by atoms with E-state index in [1.807, 2.05) is 0 Å². The monoisotopic (exact) mass is 640 g/mol. The largest absolute Gasteiger partial charge is 0.496 e. The average molecular weight is 641 g/mol. The molecule has 0 N–H and O–H groups in total. The molecule has 15 heteroatoms. The first kappa shape index (κ1) is 33.1. The van der Waals surface area contributed by atoms with Crippen LogP contribution in [0.15, 0.2) is 47.1 Å². The van der Waals surface area contributed by atoms with Gasteiger partial charge in [-0.25, -0.2) is 14.2 Å².